The Labute approximate surface area is 197 Å². The first-order chi connectivity index (χ1) is 16.8. The summed E-state index contributed by atoms with van der Waals surface area (Å²) in [5, 5.41) is 10.9. The van der Waals surface area contributed by atoms with Crippen LogP contribution in [0, 0.1) is 0 Å². The van der Waals surface area contributed by atoms with Gasteiger partial charge >= 0.3 is 0 Å². The molecule has 1 heterocycles. The molecule has 0 unspecified atom stereocenters. The monoisotopic (exact) mass is 435 g/mol. The van der Waals surface area contributed by atoms with E-state index in [0.717, 1.165) is 44.4 Å². The van der Waals surface area contributed by atoms with Crippen molar-refractivity contribution in [3.63, 3.8) is 0 Å². The molecule has 160 valence electrons. The zero-order valence-electron chi connectivity index (χ0n) is 18.5. The van der Waals surface area contributed by atoms with Gasteiger partial charge in [0.15, 0.2) is 0 Å². The van der Waals surface area contributed by atoms with Gasteiger partial charge in [0.05, 0.1) is 0 Å². The van der Waals surface area contributed by atoms with Gasteiger partial charge in [0.1, 0.15) is 11.2 Å². The second-order valence-corrected chi connectivity index (χ2v) is 8.73. The predicted molar refractivity (Wildman–Crippen MR) is 144 cm³/mol. The molecule has 7 aromatic rings. The lowest BCUT2D eigenvalue weighted by Gasteiger charge is -2.10. The highest BCUT2D eigenvalue weighted by atomic mass is 16.3. The molecule has 0 atom stereocenters. The third-order valence-corrected chi connectivity index (χ3v) is 6.63. The molecule has 0 saturated heterocycles. The van der Waals surface area contributed by atoms with Gasteiger partial charge in [-0.3, -0.25) is 0 Å². The fraction of sp³-hybridized carbons (Fsp3) is 0. The lowest BCUT2D eigenvalue weighted by atomic mass is 10.0. The van der Waals surface area contributed by atoms with Crippen molar-refractivity contribution in [3.05, 3.63) is 121 Å². The molecule has 0 aliphatic heterocycles. The van der Waals surface area contributed by atoms with Gasteiger partial charge in [0.25, 0.3) is 0 Å². The largest absolute Gasteiger partial charge is 0.456 e. The maximum Gasteiger partial charge on any atom is 0.136 e. The molecule has 34 heavy (non-hydrogen) atoms. The number of para-hydroxylation sites is 1. The first-order valence-corrected chi connectivity index (χ1v) is 11.5. The molecular weight excluding hydrogens is 414 g/mol. The van der Waals surface area contributed by atoms with E-state index in [9.17, 15) is 0 Å². The van der Waals surface area contributed by atoms with E-state index in [1.165, 1.54) is 21.5 Å². The predicted octanol–water partition coefficient (Wildman–Crippen LogP) is 9.30. The highest BCUT2D eigenvalue weighted by Gasteiger charge is 2.08. The van der Waals surface area contributed by atoms with E-state index in [0.29, 0.717) is 0 Å². The Bertz CT molecular complexity index is 1830. The van der Waals surface area contributed by atoms with Gasteiger partial charge in [-0.25, -0.2) is 0 Å². The average Bonchev–Trinajstić information content (AvgIpc) is 3.27. The van der Waals surface area contributed by atoms with Crippen molar-refractivity contribution in [1.82, 2.24) is 0 Å². The zero-order chi connectivity index (χ0) is 22.5. The SMILES string of the molecule is c1ccc2c(c1)ccc1ccc(Nc3ccc(-c4ccc5c(c4)oc4ccccc45)cc3)cc12. The van der Waals surface area contributed by atoms with Crippen molar-refractivity contribution >= 4 is 54.9 Å². The summed E-state index contributed by atoms with van der Waals surface area (Å²) in [4.78, 5) is 0. The van der Waals surface area contributed by atoms with Crippen LogP contribution in [0.1, 0.15) is 0 Å². The van der Waals surface area contributed by atoms with Crippen LogP contribution in [0.15, 0.2) is 126 Å². The first-order valence-electron chi connectivity index (χ1n) is 11.5. The molecule has 1 N–H and O–H groups in total. The van der Waals surface area contributed by atoms with E-state index in [2.05, 4.69) is 115 Å². The molecule has 1 aromatic heterocycles. The van der Waals surface area contributed by atoms with E-state index in [4.69, 9.17) is 4.42 Å². The lowest BCUT2D eigenvalue weighted by molar-refractivity contribution is 0.669. The fourth-order valence-corrected chi connectivity index (χ4v) is 4.90. The molecular formula is C32H21NO. The number of benzene rings is 6. The number of hydrogen-bond donors (Lipinski definition) is 1. The highest BCUT2D eigenvalue weighted by Crippen LogP contribution is 2.33. The maximum absolute atomic E-state index is 6.07. The van der Waals surface area contributed by atoms with Crippen molar-refractivity contribution in [2.45, 2.75) is 0 Å². The highest BCUT2D eigenvalue weighted by molar-refractivity contribution is 6.08. The molecule has 0 aliphatic rings. The second-order valence-electron chi connectivity index (χ2n) is 8.73. The summed E-state index contributed by atoms with van der Waals surface area (Å²) in [6.45, 7) is 0. The van der Waals surface area contributed by atoms with E-state index >= 15 is 0 Å². The molecule has 0 spiro atoms. The van der Waals surface area contributed by atoms with E-state index in [-0.39, 0.29) is 0 Å². The van der Waals surface area contributed by atoms with Crippen LogP contribution in [-0.2, 0) is 0 Å². The smallest absolute Gasteiger partial charge is 0.136 e. The standard InChI is InChI=1S/C32H21NO/c1-2-6-27-22(5-1)9-10-23-13-17-26(20-30(23)27)33-25-15-11-21(12-16-25)24-14-18-29-28-7-3-4-8-31(28)34-32(29)19-24/h1-20,33H. The second kappa shape index (κ2) is 7.50. The summed E-state index contributed by atoms with van der Waals surface area (Å²) in [5.41, 5.74) is 6.31. The van der Waals surface area contributed by atoms with Gasteiger partial charge < -0.3 is 9.73 Å². The Morgan fingerprint density at radius 3 is 1.94 bits per heavy atom. The normalized spacial score (nSPS) is 11.5. The summed E-state index contributed by atoms with van der Waals surface area (Å²) in [5.74, 6) is 0. The Kier molecular flexibility index (Phi) is 4.18. The lowest BCUT2D eigenvalue weighted by Crippen LogP contribution is -1.90. The molecule has 0 amide bonds. The topological polar surface area (TPSA) is 25.2 Å². The number of anilines is 2. The van der Waals surface area contributed by atoms with Gasteiger partial charge in [-0.2, -0.15) is 0 Å². The minimum atomic E-state index is 0.921. The minimum Gasteiger partial charge on any atom is -0.456 e. The number of furan rings is 1. The van der Waals surface area contributed by atoms with E-state index in [1.54, 1.807) is 0 Å². The Hall–Kier alpha value is -4.56. The summed E-state index contributed by atoms with van der Waals surface area (Å²) in [6.07, 6.45) is 0. The van der Waals surface area contributed by atoms with Gasteiger partial charge in [0, 0.05) is 22.1 Å². The molecule has 0 radical (unpaired) electrons. The van der Waals surface area contributed by atoms with E-state index in [1.807, 2.05) is 12.1 Å². The first kappa shape index (κ1) is 19.0. The molecule has 7 rings (SSSR count). The summed E-state index contributed by atoms with van der Waals surface area (Å²) >= 11 is 0. The molecule has 0 saturated carbocycles. The number of rotatable bonds is 3. The molecule has 0 bridgehead atoms. The Balaban J connectivity index is 1.20. The van der Waals surface area contributed by atoms with E-state index < -0.39 is 0 Å². The summed E-state index contributed by atoms with van der Waals surface area (Å²) < 4.78 is 6.07. The molecule has 2 heteroatoms. The van der Waals surface area contributed by atoms with Crippen molar-refractivity contribution in [3.8, 4) is 11.1 Å². The molecule has 0 fully saturated rings. The van der Waals surface area contributed by atoms with Crippen molar-refractivity contribution < 1.29 is 4.42 Å². The number of nitrogens with one attached hydrogen (secondary N) is 1. The molecule has 2 nitrogen and oxygen atoms in total. The Morgan fingerprint density at radius 1 is 0.412 bits per heavy atom. The molecule has 6 aromatic carbocycles. The molecule has 0 aliphatic carbocycles. The third kappa shape index (κ3) is 3.12. The zero-order valence-corrected chi connectivity index (χ0v) is 18.5. The van der Waals surface area contributed by atoms with Crippen LogP contribution in [0.25, 0.3) is 54.6 Å². The summed E-state index contributed by atoms with van der Waals surface area (Å²) in [7, 11) is 0. The number of hydrogen-bond acceptors (Lipinski definition) is 2. The van der Waals surface area contributed by atoms with Crippen LogP contribution in [0.4, 0.5) is 11.4 Å². The quantitative estimate of drug-likeness (QED) is 0.280. The van der Waals surface area contributed by atoms with Gasteiger partial charge in [-0.1, -0.05) is 78.9 Å². The minimum absolute atomic E-state index is 0.921. The van der Waals surface area contributed by atoms with Crippen LogP contribution in [-0.4, -0.2) is 0 Å². The Morgan fingerprint density at radius 2 is 1.06 bits per heavy atom. The number of fused-ring (bicyclic) bond motifs is 6. The van der Waals surface area contributed by atoms with Crippen LogP contribution in [0.3, 0.4) is 0 Å². The third-order valence-electron chi connectivity index (χ3n) is 6.63. The van der Waals surface area contributed by atoms with Crippen molar-refractivity contribution in [2.24, 2.45) is 0 Å². The average molecular weight is 436 g/mol. The fourth-order valence-electron chi connectivity index (χ4n) is 4.90. The van der Waals surface area contributed by atoms with Gasteiger partial charge in [-0.05, 0) is 75.1 Å². The van der Waals surface area contributed by atoms with Crippen LogP contribution < -0.4 is 5.32 Å². The van der Waals surface area contributed by atoms with Gasteiger partial charge in [-0.15, -0.1) is 0 Å². The maximum atomic E-state index is 6.07. The van der Waals surface area contributed by atoms with Gasteiger partial charge in [0.2, 0.25) is 0 Å². The van der Waals surface area contributed by atoms with Crippen LogP contribution in [0.2, 0.25) is 0 Å². The van der Waals surface area contributed by atoms with Crippen molar-refractivity contribution in [2.75, 3.05) is 5.32 Å². The summed E-state index contributed by atoms with van der Waals surface area (Å²) in [6, 6.07) is 42.7. The van der Waals surface area contributed by atoms with Crippen molar-refractivity contribution in [1.29, 1.82) is 0 Å². The van der Waals surface area contributed by atoms with Crippen LogP contribution in [0.5, 0.6) is 0 Å². The van der Waals surface area contributed by atoms with Crippen LogP contribution >= 0.6 is 0 Å².